The molecule has 1 aliphatic carbocycles. The zero-order valence-electron chi connectivity index (χ0n) is 10.6. The summed E-state index contributed by atoms with van der Waals surface area (Å²) in [4.78, 5) is 12.1. The van der Waals surface area contributed by atoms with Crippen molar-refractivity contribution < 1.29 is 9.90 Å². The van der Waals surface area contributed by atoms with Gasteiger partial charge in [-0.3, -0.25) is 4.79 Å². The topological polar surface area (TPSA) is 37.3 Å². The fourth-order valence-corrected chi connectivity index (χ4v) is 2.84. The van der Waals surface area contributed by atoms with E-state index in [4.69, 9.17) is 0 Å². The first-order chi connectivity index (χ1) is 7.80. The van der Waals surface area contributed by atoms with E-state index in [2.05, 4.69) is 6.58 Å². The molecule has 0 saturated heterocycles. The second-order valence-electron chi connectivity index (χ2n) is 5.52. The maximum Gasteiger partial charge on any atom is 0.163 e. The molecule has 0 radical (unpaired) electrons. The van der Waals surface area contributed by atoms with Gasteiger partial charge >= 0.3 is 0 Å². The number of rotatable bonds is 1. The van der Waals surface area contributed by atoms with Crippen molar-refractivity contribution in [3.63, 3.8) is 0 Å². The number of aliphatic hydroxyl groups is 1. The molecule has 2 heteroatoms. The largest absolute Gasteiger partial charge is 0.380 e. The van der Waals surface area contributed by atoms with Crippen LogP contribution in [0.2, 0.25) is 0 Å². The number of benzene rings is 1. The minimum Gasteiger partial charge on any atom is -0.380 e. The molecule has 0 saturated carbocycles. The normalized spacial score (nSPS) is 26.5. The van der Waals surface area contributed by atoms with Crippen LogP contribution in [0.15, 0.2) is 36.4 Å². The average Bonchev–Trinajstić information content (AvgIpc) is 2.25. The van der Waals surface area contributed by atoms with Crippen LogP contribution in [0.5, 0.6) is 0 Å². The molecule has 0 amide bonds. The molecule has 1 aromatic carbocycles. The zero-order chi connectivity index (χ0) is 12.8. The third-order valence-electron chi connectivity index (χ3n) is 3.82. The van der Waals surface area contributed by atoms with E-state index in [0.717, 1.165) is 0 Å². The molecule has 90 valence electrons. The third kappa shape index (κ3) is 1.48. The molecule has 2 rings (SSSR count). The van der Waals surface area contributed by atoms with Gasteiger partial charge in [0.15, 0.2) is 5.78 Å². The predicted octanol–water partition coefficient (Wildman–Crippen LogP) is 3.06. The molecule has 1 unspecified atom stereocenters. The van der Waals surface area contributed by atoms with Gasteiger partial charge in [-0.15, -0.1) is 0 Å². The summed E-state index contributed by atoms with van der Waals surface area (Å²) in [6.07, 6.45) is 0.341. The maximum atomic E-state index is 12.1. The van der Waals surface area contributed by atoms with E-state index in [-0.39, 0.29) is 5.78 Å². The number of Topliss-reactive ketones (excluding diaryl/α,β-unsaturated/α-hetero) is 1. The van der Waals surface area contributed by atoms with Crippen LogP contribution in [0.1, 0.15) is 43.1 Å². The number of carbonyl (C=O) groups excluding carboxylic acids is 1. The number of fused-ring (bicyclic) bond motifs is 1. The fraction of sp³-hybridized carbons (Fsp3) is 0.400. The Morgan fingerprint density at radius 3 is 2.53 bits per heavy atom. The molecular formula is C15H18O2. The smallest absolute Gasteiger partial charge is 0.163 e. The lowest BCUT2D eigenvalue weighted by Crippen LogP contribution is -2.48. The first-order valence-electron chi connectivity index (χ1n) is 5.82. The Labute approximate surface area is 102 Å². The van der Waals surface area contributed by atoms with E-state index in [1.165, 1.54) is 0 Å². The molecule has 0 spiro atoms. The Morgan fingerprint density at radius 1 is 1.35 bits per heavy atom. The van der Waals surface area contributed by atoms with Crippen molar-refractivity contribution in [3.05, 3.63) is 47.5 Å². The summed E-state index contributed by atoms with van der Waals surface area (Å²) in [5.74, 6) is 0.0940. The highest BCUT2D eigenvalue weighted by Gasteiger charge is 2.51. The Bertz CT molecular complexity index is 499. The second kappa shape index (κ2) is 3.54. The Morgan fingerprint density at radius 2 is 1.94 bits per heavy atom. The molecule has 0 aliphatic heterocycles. The molecule has 0 bridgehead atoms. The fourth-order valence-electron chi connectivity index (χ4n) is 2.84. The van der Waals surface area contributed by atoms with Crippen molar-refractivity contribution in [2.75, 3.05) is 0 Å². The second-order valence-corrected chi connectivity index (χ2v) is 5.52. The van der Waals surface area contributed by atoms with Crippen molar-refractivity contribution in [2.45, 2.75) is 32.8 Å². The van der Waals surface area contributed by atoms with Gasteiger partial charge in [-0.2, -0.15) is 0 Å². The number of hydrogen-bond acceptors (Lipinski definition) is 2. The molecule has 1 atom stereocenters. The Balaban J connectivity index is 2.77. The van der Waals surface area contributed by atoms with Gasteiger partial charge in [-0.1, -0.05) is 44.7 Å². The highest BCUT2D eigenvalue weighted by Crippen LogP contribution is 2.51. The van der Waals surface area contributed by atoms with Crippen molar-refractivity contribution in [3.8, 4) is 0 Å². The highest BCUT2D eigenvalue weighted by atomic mass is 16.3. The van der Waals surface area contributed by atoms with Crippen LogP contribution in [-0.2, 0) is 5.60 Å². The van der Waals surface area contributed by atoms with E-state index in [1.807, 2.05) is 39.0 Å². The minimum atomic E-state index is -1.13. The third-order valence-corrected chi connectivity index (χ3v) is 3.82. The summed E-state index contributed by atoms with van der Waals surface area (Å²) in [7, 11) is 0. The summed E-state index contributed by atoms with van der Waals surface area (Å²) in [6.45, 7) is 9.55. The monoisotopic (exact) mass is 230 g/mol. The molecule has 1 aliphatic rings. The first kappa shape index (κ1) is 12.1. The summed E-state index contributed by atoms with van der Waals surface area (Å²) in [5, 5.41) is 11.0. The van der Waals surface area contributed by atoms with Gasteiger partial charge < -0.3 is 5.11 Å². The quantitative estimate of drug-likeness (QED) is 0.753. The van der Waals surface area contributed by atoms with Crippen molar-refractivity contribution >= 4 is 5.78 Å². The molecule has 17 heavy (non-hydrogen) atoms. The molecule has 1 aromatic rings. The van der Waals surface area contributed by atoms with Crippen molar-refractivity contribution in [1.29, 1.82) is 0 Å². The summed E-state index contributed by atoms with van der Waals surface area (Å²) < 4.78 is 0. The van der Waals surface area contributed by atoms with Crippen LogP contribution in [-0.4, -0.2) is 10.9 Å². The Hall–Kier alpha value is -1.41. The van der Waals surface area contributed by atoms with Crippen molar-refractivity contribution in [1.82, 2.24) is 0 Å². The predicted molar refractivity (Wildman–Crippen MR) is 67.9 cm³/mol. The van der Waals surface area contributed by atoms with Crippen molar-refractivity contribution in [2.24, 2.45) is 5.41 Å². The van der Waals surface area contributed by atoms with E-state index in [1.54, 1.807) is 6.07 Å². The molecule has 0 heterocycles. The first-order valence-corrected chi connectivity index (χ1v) is 5.82. The van der Waals surface area contributed by atoms with E-state index in [0.29, 0.717) is 23.1 Å². The molecule has 1 N–H and O–H groups in total. The van der Waals surface area contributed by atoms with Gasteiger partial charge in [-0.25, -0.2) is 0 Å². The maximum absolute atomic E-state index is 12.1. The minimum absolute atomic E-state index is 0.0940. The van der Waals surface area contributed by atoms with E-state index >= 15 is 0 Å². The molecule has 2 nitrogen and oxygen atoms in total. The van der Waals surface area contributed by atoms with Crippen LogP contribution in [0.3, 0.4) is 0 Å². The van der Waals surface area contributed by atoms with Crippen LogP contribution >= 0.6 is 0 Å². The van der Waals surface area contributed by atoms with E-state index < -0.39 is 11.0 Å². The Kier molecular flexibility index (Phi) is 2.51. The summed E-state index contributed by atoms with van der Waals surface area (Å²) in [5.41, 5.74) is 0.343. The van der Waals surface area contributed by atoms with Gasteiger partial charge in [0.05, 0.1) is 0 Å². The molecular weight excluding hydrogens is 212 g/mol. The van der Waals surface area contributed by atoms with Gasteiger partial charge in [-0.05, 0) is 18.1 Å². The summed E-state index contributed by atoms with van der Waals surface area (Å²) in [6, 6.07) is 7.28. The number of hydrogen-bond donors (Lipinski definition) is 1. The molecule has 0 fully saturated rings. The van der Waals surface area contributed by atoms with Gasteiger partial charge in [0.25, 0.3) is 0 Å². The highest BCUT2D eigenvalue weighted by molar-refractivity contribution is 6.00. The lowest BCUT2D eigenvalue weighted by molar-refractivity contribution is -0.0464. The van der Waals surface area contributed by atoms with Crippen LogP contribution in [0, 0.1) is 5.41 Å². The van der Waals surface area contributed by atoms with Gasteiger partial charge in [0.1, 0.15) is 5.60 Å². The van der Waals surface area contributed by atoms with Gasteiger partial charge in [0, 0.05) is 17.4 Å². The van der Waals surface area contributed by atoms with Gasteiger partial charge in [0.2, 0.25) is 0 Å². The van der Waals surface area contributed by atoms with Crippen LogP contribution < -0.4 is 0 Å². The standard InChI is InChI=1S/C15H18O2/c1-10(2)15(17)12-8-6-5-7-11(12)13(16)9-14(15,3)4/h5-8,17H,1,9H2,2-4H3. The zero-order valence-corrected chi connectivity index (χ0v) is 10.6. The van der Waals surface area contributed by atoms with E-state index in [9.17, 15) is 9.90 Å². The number of ketones is 1. The lowest BCUT2D eigenvalue weighted by Gasteiger charge is -2.47. The molecule has 0 aromatic heterocycles. The summed E-state index contributed by atoms with van der Waals surface area (Å²) >= 11 is 0. The van der Waals surface area contributed by atoms with Crippen LogP contribution in [0.4, 0.5) is 0 Å². The average molecular weight is 230 g/mol. The lowest BCUT2D eigenvalue weighted by atomic mass is 9.60. The van der Waals surface area contributed by atoms with Crippen LogP contribution in [0.25, 0.3) is 0 Å². The SMILES string of the molecule is C=C(C)C1(O)c2ccccc2C(=O)CC1(C)C. The number of carbonyl (C=O) groups is 1.